The number of halogens is 3. The van der Waals surface area contributed by atoms with Crippen LogP contribution in [0.5, 0.6) is 0 Å². The molecule has 7 heteroatoms. The van der Waals surface area contributed by atoms with Crippen molar-refractivity contribution in [3.63, 3.8) is 0 Å². The number of aromatic nitrogens is 2. The molecule has 2 aromatic rings. The predicted octanol–water partition coefficient (Wildman–Crippen LogP) is 3.80. The minimum atomic E-state index is -0.465. The first-order valence-corrected chi connectivity index (χ1v) is 6.37. The summed E-state index contributed by atoms with van der Waals surface area (Å²) in [4.78, 5) is 19.9. The SMILES string of the molecule is O=C(Nc1cccc(Br)n1)c1nc(Cl)ccc1Cl. The Morgan fingerprint density at radius 1 is 1.17 bits per heavy atom. The molecule has 0 spiro atoms. The summed E-state index contributed by atoms with van der Waals surface area (Å²) in [5.41, 5.74) is 0.0611. The fourth-order valence-electron chi connectivity index (χ4n) is 1.23. The van der Waals surface area contributed by atoms with Crippen molar-refractivity contribution in [3.05, 3.63) is 50.8 Å². The lowest BCUT2D eigenvalue weighted by atomic mass is 10.3. The molecule has 1 N–H and O–H groups in total. The number of carbonyl (C=O) groups excluding carboxylic acids is 1. The summed E-state index contributed by atoms with van der Waals surface area (Å²) in [6, 6.07) is 8.18. The molecule has 0 aromatic carbocycles. The van der Waals surface area contributed by atoms with Crippen LogP contribution in [0.15, 0.2) is 34.9 Å². The number of hydrogen-bond donors (Lipinski definition) is 1. The maximum absolute atomic E-state index is 11.9. The first-order chi connectivity index (χ1) is 8.56. The Morgan fingerprint density at radius 3 is 2.67 bits per heavy atom. The summed E-state index contributed by atoms with van der Waals surface area (Å²) < 4.78 is 0.616. The van der Waals surface area contributed by atoms with Crippen LogP contribution in [-0.2, 0) is 0 Å². The minimum Gasteiger partial charge on any atom is -0.305 e. The molecule has 92 valence electrons. The molecule has 0 saturated heterocycles. The third-order valence-electron chi connectivity index (χ3n) is 1.98. The molecule has 2 aromatic heterocycles. The van der Waals surface area contributed by atoms with E-state index in [1.54, 1.807) is 18.2 Å². The molecule has 4 nitrogen and oxygen atoms in total. The zero-order valence-electron chi connectivity index (χ0n) is 8.82. The van der Waals surface area contributed by atoms with Crippen molar-refractivity contribution in [3.8, 4) is 0 Å². The standard InChI is InChI=1S/C11H6BrCl2N3O/c12-7-2-1-3-9(15-7)17-11(18)10-6(13)4-5-8(14)16-10/h1-5H,(H,15,17,18). The van der Waals surface area contributed by atoms with Crippen molar-refractivity contribution in [2.45, 2.75) is 0 Å². The monoisotopic (exact) mass is 345 g/mol. The number of hydrogen-bond acceptors (Lipinski definition) is 3. The van der Waals surface area contributed by atoms with Crippen LogP contribution in [-0.4, -0.2) is 15.9 Å². The highest BCUT2D eigenvalue weighted by molar-refractivity contribution is 9.10. The number of nitrogens with one attached hydrogen (secondary N) is 1. The van der Waals surface area contributed by atoms with Gasteiger partial charge in [-0.1, -0.05) is 29.3 Å². The van der Waals surface area contributed by atoms with Crippen molar-refractivity contribution in [2.24, 2.45) is 0 Å². The molecule has 0 aliphatic heterocycles. The molecule has 0 fully saturated rings. The number of amides is 1. The lowest BCUT2D eigenvalue weighted by molar-refractivity contribution is 0.102. The summed E-state index contributed by atoms with van der Waals surface area (Å²) in [7, 11) is 0. The van der Waals surface area contributed by atoms with Crippen molar-refractivity contribution in [2.75, 3.05) is 5.32 Å². The first kappa shape index (κ1) is 13.3. The van der Waals surface area contributed by atoms with Crippen LogP contribution in [0.2, 0.25) is 10.2 Å². The van der Waals surface area contributed by atoms with Crippen LogP contribution >= 0.6 is 39.1 Å². The van der Waals surface area contributed by atoms with E-state index in [1.165, 1.54) is 12.1 Å². The van der Waals surface area contributed by atoms with Gasteiger partial charge in [-0.25, -0.2) is 9.97 Å². The lowest BCUT2D eigenvalue weighted by Crippen LogP contribution is -2.15. The number of anilines is 1. The van der Waals surface area contributed by atoms with Gasteiger partial charge in [0.1, 0.15) is 21.3 Å². The van der Waals surface area contributed by atoms with Crippen molar-refractivity contribution in [1.82, 2.24) is 9.97 Å². The van der Waals surface area contributed by atoms with E-state index >= 15 is 0 Å². The van der Waals surface area contributed by atoms with Gasteiger partial charge >= 0.3 is 0 Å². The molecule has 0 aliphatic carbocycles. The molecule has 2 rings (SSSR count). The third kappa shape index (κ3) is 3.19. The summed E-state index contributed by atoms with van der Waals surface area (Å²) in [5.74, 6) is -0.0692. The van der Waals surface area contributed by atoms with Crippen LogP contribution < -0.4 is 5.32 Å². The lowest BCUT2D eigenvalue weighted by Gasteiger charge is -2.05. The second-order valence-electron chi connectivity index (χ2n) is 3.26. The average molecular weight is 347 g/mol. The van der Waals surface area contributed by atoms with Gasteiger partial charge in [0, 0.05) is 0 Å². The van der Waals surface area contributed by atoms with Gasteiger partial charge in [-0.3, -0.25) is 4.79 Å². The normalized spacial score (nSPS) is 10.2. The van der Waals surface area contributed by atoms with E-state index < -0.39 is 5.91 Å². The Hall–Kier alpha value is -1.17. The van der Waals surface area contributed by atoms with Crippen molar-refractivity contribution >= 4 is 50.9 Å². The molecule has 0 saturated carbocycles. The minimum absolute atomic E-state index is 0.0611. The van der Waals surface area contributed by atoms with Gasteiger partial charge in [0.2, 0.25) is 0 Å². The topological polar surface area (TPSA) is 54.9 Å². The van der Waals surface area contributed by atoms with Crippen molar-refractivity contribution in [1.29, 1.82) is 0 Å². The maximum Gasteiger partial charge on any atom is 0.277 e. The van der Waals surface area contributed by atoms with E-state index in [0.717, 1.165) is 0 Å². The number of nitrogens with zero attached hydrogens (tertiary/aromatic N) is 2. The zero-order chi connectivity index (χ0) is 13.1. The molecule has 0 unspecified atom stereocenters. The molecule has 2 heterocycles. The fraction of sp³-hybridized carbons (Fsp3) is 0. The molecule has 0 bridgehead atoms. The van der Waals surface area contributed by atoms with Gasteiger partial charge in [-0.15, -0.1) is 0 Å². The second-order valence-corrected chi connectivity index (χ2v) is 4.87. The Labute approximate surface area is 121 Å². The van der Waals surface area contributed by atoms with E-state index in [0.29, 0.717) is 10.4 Å². The molecule has 18 heavy (non-hydrogen) atoms. The van der Waals surface area contributed by atoms with E-state index in [9.17, 15) is 4.79 Å². The fourth-order valence-corrected chi connectivity index (χ4v) is 1.91. The molecular weight excluding hydrogens is 341 g/mol. The Morgan fingerprint density at radius 2 is 1.94 bits per heavy atom. The molecule has 0 aliphatic rings. The molecule has 0 radical (unpaired) electrons. The summed E-state index contributed by atoms with van der Waals surface area (Å²) in [5, 5.41) is 3.01. The highest BCUT2D eigenvalue weighted by Gasteiger charge is 2.13. The van der Waals surface area contributed by atoms with E-state index in [-0.39, 0.29) is 15.9 Å². The molecule has 0 atom stereocenters. The summed E-state index contributed by atoms with van der Waals surface area (Å²) >= 11 is 14.8. The summed E-state index contributed by atoms with van der Waals surface area (Å²) in [6.07, 6.45) is 0. The maximum atomic E-state index is 11.9. The van der Waals surface area contributed by atoms with Gasteiger partial charge in [0.25, 0.3) is 5.91 Å². The van der Waals surface area contributed by atoms with Gasteiger partial charge in [0.15, 0.2) is 0 Å². The van der Waals surface area contributed by atoms with E-state index in [1.807, 2.05) is 0 Å². The Bertz CT molecular complexity index is 607. The summed E-state index contributed by atoms with van der Waals surface area (Å²) in [6.45, 7) is 0. The Kier molecular flexibility index (Phi) is 4.16. The van der Waals surface area contributed by atoms with Crippen LogP contribution in [0.1, 0.15) is 10.5 Å². The first-order valence-electron chi connectivity index (χ1n) is 4.82. The number of rotatable bonds is 2. The quantitative estimate of drug-likeness (QED) is 0.841. The van der Waals surface area contributed by atoms with Crippen LogP contribution in [0.3, 0.4) is 0 Å². The smallest absolute Gasteiger partial charge is 0.277 e. The largest absolute Gasteiger partial charge is 0.305 e. The molecule has 1 amide bonds. The third-order valence-corrected chi connectivity index (χ3v) is 2.94. The van der Waals surface area contributed by atoms with Crippen LogP contribution in [0, 0.1) is 0 Å². The predicted molar refractivity (Wildman–Crippen MR) is 74.1 cm³/mol. The van der Waals surface area contributed by atoms with Gasteiger partial charge in [0.05, 0.1) is 5.02 Å². The molecular formula is C11H6BrCl2N3O. The van der Waals surface area contributed by atoms with Crippen LogP contribution in [0.4, 0.5) is 5.82 Å². The van der Waals surface area contributed by atoms with E-state index in [4.69, 9.17) is 23.2 Å². The van der Waals surface area contributed by atoms with Gasteiger partial charge in [-0.2, -0.15) is 0 Å². The van der Waals surface area contributed by atoms with Gasteiger partial charge in [-0.05, 0) is 40.2 Å². The Balaban J connectivity index is 2.24. The second kappa shape index (κ2) is 5.65. The number of pyridine rings is 2. The van der Waals surface area contributed by atoms with Gasteiger partial charge < -0.3 is 5.32 Å². The highest BCUT2D eigenvalue weighted by Crippen LogP contribution is 2.18. The van der Waals surface area contributed by atoms with Crippen LogP contribution in [0.25, 0.3) is 0 Å². The number of carbonyl (C=O) groups is 1. The average Bonchev–Trinajstić information content (AvgIpc) is 2.32. The zero-order valence-corrected chi connectivity index (χ0v) is 11.9. The highest BCUT2D eigenvalue weighted by atomic mass is 79.9. The van der Waals surface area contributed by atoms with E-state index in [2.05, 4.69) is 31.2 Å². The van der Waals surface area contributed by atoms with Crippen molar-refractivity contribution < 1.29 is 4.79 Å².